The predicted molar refractivity (Wildman–Crippen MR) is 81.8 cm³/mol. The highest BCUT2D eigenvalue weighted by atomic mass is 14.7. The van der Waals surface area contributed by atoms with Gasteiger partial charge in [0.15, 0.2) is 0 Å². The van der Waals surface area contributed by atoms with Gasteiger partial charge in [0, 0.05) is 16.6 Å². The monoisotopic (exact) mass is 235 g/mol. The highest BCUT2D eigenvalue weighted by molar-refractivity contribution is 5.83. The maximum atomic E-state index is 3.30. The molecule has 17 heavy (non-hydrogen) atoms. The first kappa shape index (κ1) is 18.1. The lowest BCUT2D eigenvalue weighted by Crippen LogP contribution is -1.71. The van der Waals surface area contributed by atoms with Crippen LogP contribution in [0.3, 0.4) is 0 Å². The van der Waals surface area contributed by atoms with Crippen molar-refractivity contribution in [1.82, 2.24) is 4.98 Å². The van der Waals surface area contributed by atoms with Gasteiger partial charge in [0.2, 0.25) is 0 Å². The minimum atomic E-state index is 1.23. The fraction of sp³-hybridized carbons (Fsp3) is 0.500. The van der Waals surface area contributed by atoms with Crippen LogP contribution in [0, 0.1) is 13.8 Å². The van der Waals surface area contributed by atoms with Gasteiger partial charge in [-0.05, 0) is 31.5 Å². The number of rotatable bonds is 0. The van der Waals surface area contributed by atoms with Crippen molar-refractivity contribution in [2.45, 2.75) is 55.4 Å². The van der Waals surface area contributed by atoms with Gasteiger partial charge in [0.05, 0.1) is 0 Å². The molecule has 0 aliphatic heterocycles. The second kappa shape index (κ2) is 11.3. The summed E-state index contributed by atoms with van der Waals surface area (Å²) < 4.78 is 0. The largest absolute Gasteiger partial charge is 0.359 e. The van der Waals surface area contributed by atoms with Gasteiger partial charge < -0.3 is 4.98 Å². The first-order valence-electron chi connectivity index (χ1n) is 6.82. The summed E-state index contributed by atoms with van der Waals surface area (Å²) in [5, 5.41) is 1.34. The molecular formula is C16H29N. The number of nitrogens with one attached hydrogen (secondary N) is 1. The Morgan fingerprint density at radius 3 is 1.82 bits per heavy atom. The molecule has 0 amide bonds. The molecule has 0 atom stereocenters. The third-order valence-electron chi connectivity index (χ3n) is 2.02. The number of aromatic nitrogens is 1. The van der Waals surface area contributed by atoms with Crippen LogP contribution in [0.4, 0.5) is 0 Å². The first-order valence-corrected chi connectivity index (χ1v) is 6.82. The van der Waals surface area contributed by atoms with Gasteiger partial charge in [-0.2, -0.15) is 0 Å². The third-order valence-corrected chi connectivity index (χ3v) is 2.02. The molecule has 0 fully saturated rings. The summed E-state index contributed by atoms with van der Waals surface area (Å²) in [4.78, 5) is 3.30. The van der Waals surface area contributed by atoms with Crippen LogP contribution in [0.15, 0.2) is 24.3 Å². The summed E-state index contributed by atoms with van der Waals surface area (Å²) in [6.07, 6.45) is 0. The van der Waals surface area contributed by atoms with E-state index in [1.807, 2.05) is 41.5 Å². The van der Waals surface area contributed by atoms with Gasteiger partial charge in [0.1, 0.15) is 0 Å². The van der Waals surface area contributed by atoms with Crippen molar-refractivity contribution in [3.8, 4) is 0 Å². The van der Waals surface area contributed by atoms with Crippen molar-refractivity contribution in [1.29, 1.82) is 0 Å². The Morgan fingerprint density at radius 2 is 1.35 bits per heavy atom. The number of benzene rings is 1. The predicted octanol–water partition coefficient (Wildman–Crippen LogP) is 5.86. The van der Waals surface area contributed by atoms with Gasteiger partial charge in [-0.3, -0.25) is 0 Å². The average Bonchev–Trinajstić information content (AvgIpc) is 2.79. The third kappa shape index (κ3) is 5.58. The van der Waals surface area contributed by atoms with Crippen LogP contribution >= 0.6 is 0 Å². The fourth-order valence-corrected chi connectivity index (χ4v) is 1.45. The fourth-order valence-electron chi connectivity index (χ4n) is 1.45. The van der Waals surface area contributed by atoms with Crippen molar-refractivity contribution >= 4 is 10.9 Å². The molecule has 2 aromatic rings. The lowest BCUT2D eigenvalue weighted by atomic mass is 10.1. The topological polar surface area (TPSA) is 15.8 Å². The number of fused-ring (bicyclic) bond motifs is 1. The van der Waals surface area contributed by atoms with Gasteiger partial charge in [-0.1, -0.05) is 53.7 Å². The molecule has 1 aromatic heterocycles. The number of aryl methyl sites for hydroxylation is 2. The molecule has 0 spiro atoms. The average molecular weight is 235 g/mol. The van der Waals surface area contributed by atoms with Gasteiger partial charge in [0.25, 0.3) is 0 Å². The van der Waals surface area contributed by atoms with Crippen LogP contribution in [0.5, 0.6) is 0 Å². The van der Waals surface area contributed by atoms with E-state index < -0.39 is 0 Å². The molecule has 0 aliphatic carbocycles. The maximum Gasteiger partial charge on any atom is 0.0458 e. The smallest absolute Gasteiger partial charge is 0.0458 e. The van der Waals surface area contributed by atoms with Crippen molar-refractivity contribution in [2.24, 2.45) is 0 Å². The van der Waals surface area contributed by atoms with Crippen molar-refractivity contribution in [3.63, 3.8) is 0 Å². The first-order chi connectivity index (χ1) is 8.27. The van der Waals surface area contributed by atoms with Crippen LogP contribution in [-0.2, 0) is 0 Å². The molecule has 1 N–H and O–H groups in total. The number of hydrogen-bond donors (Lipinski definition) is 1. The summed E-state index contributed by atoms with van der Waals surface area (Å²) in [6, 6.07) is 8.50. The lowest BCUT2D eigenvalue weighted by Gasteiger charge is -1.92. The molecule has 0 saturated carbocycles. The van der Waals surface area contributed by atoms with E-state index in [-0.39, 0.29) is 0 Å². The SMILES string of the molecule is CC.CC.CC.Cc1cc2c(C)cccc2[nH]1. The normalized spacial score (nSPS) is 8.00. The van der Waals surface area contributed by atoms with Gasteiger partial charge >= 0.3 is 0 Å². The molecule has 0 unspecified atom stereocenters. The highest BCUT2D eigenvalue weighted by Gasteiger charge is 1.97. The summed E-state index contributed by atoms with van der Waals surface area (Å²) in [6.45, 7) is 16.2. The van der Waals surface area contributed by atoms with Crippen LogP contribution in [0.1, 0.15) is 52.8 Å². The molecular weight excluding hydrogens is 206 g/mol. The van der Waals surface area contributed by atoms with Crippen LogP contribution in [-0.4, -0.2) is 4.98 Å². The minimum absolute atomic E-state index is 1.23. The highest BCUT2D eigenvalue weighted by Crippen LogP contribution is 2.18. The van der Waals surface area contributed by atoms with E-state index in [1.54, 1.807) is 0 Å². The Morgan fingerprint density at radius 1 is 0.824 bits per heavy atom. The zero-order chi connectivity index (χ0) is 13.8. The molecule has 0 radical (unpaired) electrons. The minimum Gasteiger partial charge on any atom is -0.359 e. The molecule has 0 saturated heterocycles. The summed E-state index contributed by atoms with van der Waals surface area (Å²) >= 11 is 0. The van der Waals surface area contributed by atoms with Crippen LogP contribution in [0.25, 0.3) is 10.9 Å². The summed E-state index contributed by atoms with van der Waals surface area (Å²) in [5.74, 6) is 0. The zero-order valence-corrected chi connectivity index (χ0v) is 12.8. The second-order valence-electron chi connectivity index (χ2n) is 2.99. The molecule has 0 aliphatic rings. The molecule has 1 heteroatoms. The van der Waals surface area contributed by atoms with E-state index in [0.717, 1.165) is 0 Å². The number of H-pyrrole nitrogens is 1. The molecule has 1 nitrogen and oxygen atoms in total. The second-order valence-corrected chi connectivity index (χ2v) is 2.99. The van der Waals surface area contributed by atoms with E-state index in [0.29, 0.717) is 0 Å². The molecule has 1 heterocycles. The van der Waals surface area contributed by atoms with E-state index in [1.165, 1.54) is 22.2 Å². The maximum absolute atomic E-state index is 3.30. The van der Waals surface area contributed by atoms with E-state index in [2.05, 4.69) is 43.1 Å². The van der Waals surface area contributed by atoms with E-state index in [9.17, 15) is 0 Å². The van der Waals surface area contributed by atoms with Crippen molar-refractivity contribution in [3.05, 3.63) is 35.5 Å². The molecule has 98 valence electrons. The lowest BCUT2D eigenvalue weighted by molar-refractivity contribution is 1.30. The molecule has 0 bridgehead atoms. The summed E-state index contributed by atoms with van der Waals surface area (Å²) in [7, 11) is 0. The van der Waals surface area contributed by atoms with Gasteiger partial charge in [-0.25, -0.2) is 0 Å². The quantitative estimate of drug-likeness (QED) is 0.588. The Labute approximate surface area is 107 Å². The van der Waals surface area contributed by atoms with Crippen molar-refractivity contribution < 1.29 is 0 Å². The Hall–Kier alpha value is -1.24. The van der Waals surface area contributed by atoms with Crippen LogP contribution < -0.4 is 0 Å². The summed E-state index contributed by atoms with van der Waals surface area (Å²) in [5.41, 5.74) is 3.81. The molecule has 1 aromatic carbocycles. The van der Waals surface area contributed by atoms with E-state index in [4.69, 9.17) is 0 Å². The zero-order valence-electron chi connectivity index (χ0n) is 12.8. The van der Waals surface area contributed by atoms with Crippen LogP contribution in [0.2, 0.25) is 0 Å². The van der Waals surface area contributed by atoms with Crippen molar-refractivity contribution in [2.75, 3.05) is 0 Å². The Kier molecular flexibility index (Phi) is 12.0. The van der Waals surface area contributed by atoms with Gasteiger partial charge in [-0.15, -0.1) is 0 Å². The number of hydrogen-bond acceptors (Lipinski definition) is 0. The number of aromatic amines is 1. The van der Waals surface area contributed by atoms with E-state index >= 15 is 0 Å². The Balaban J connectivity index is 0. The standard InChI is InChI=1S/C10H11N.3C2H6/c1-7-4-3-5-10-9(7)6-8(2)11-10;3*1-2/h3-6,11H,1-2H3;3*1-2H3. The Bertz CT molecular complexity index is 385. The molecule has 2 rings (SSSR count).